The van der Waals surface area contributed by atoms with Gasteiger partial charge in [0.25, 0.3) is 0 Å². The van der Waals surface area contributed by atoms with Gasteiger partial charge in [-0.1, -0.05) is 27.5 Å². The molecule has 0 N–H and O–H groups in total. The molecule has 0 amide bonds. The Kier molecular flexibility index (Phi) is 2.22. The molecule has 2 aromatic rings. The molecule has 0 bridgehead atoms. The fourth-order valence-corrected chi connectivity index (χ4v) is 2.17. The Hall–Kier alpha value is -0.670. The number of benzene rings is 1. The summed E-state index contributed by atoms with van der Waals surface area (Å²) in [5.74, 6) is 0. The predicted octanol–water partition coefficient (Wildman–Crippen LogP) is 3.35. The summed E-state index contributed by atoms with van der Waals surface area (Å²) in [6.45, 7) is 2.00. The third-order valence-electron chi connectivity index (χ3n) is 1.85. The largest absolute Gasteiger partial charge is 0.157 e. The average Bonchev–Trinajstić information content (AvgIpc) is 2.02. The van der Waals surface area contributed by atoms with Gasteiger partial charge in [0.2, 0.25) is 0 Å². The first-order chi connectivity index (χ1) is 6.18. The summed E-state index contributed by atoms with van der Waals surface area (Å²) < 4.78 is 0.995. The summed E-state index contributed by atoms with van der Waals surface area (Å²) in [5.41, 5.74) is 1.92. The molecule has 0 aliphatic carbocycles. The maximum absolute atomic E-state index is 6.00. The molecule has 13 heavy (non-hydrogen) atoms. The van der Waals surface area contributed by atoms with E-state index in [1.54, 1.807) is 6.20 Å². The maximum atomic E-state index is 6.00. The Morgan fingerprint density at radius 3 is 2.92 bits per heavy atom. The minimum atomic E-state index is 0.648. The normalized spacial score (nSPS) is 10.7. The topological polar surface area (TPSA) is 25.8 Å². The van der Waals surface area contributed by atoms with Crippen LogP contribution in [0.5, 0.6) is 0 Å². The third kappa shape index (κ3) is 1.54. The van der Waals surface area contributed by atoms with E-state index in [-0.39, 0.29) is 0 Å². The van der Waals surface area contributed by atoms with Crippen LogP contribution >= 0.6 is 27.5 Å². The zero-order valence-electron chi connectivity index (χ0n) is 6.88. The molecule has 2 rings (SSSR count). The van der Waals surface area contributed by atoms with Crippen LogP contribution in [0.25, 0.3) is 10.9 Å². The van der Waals surface area contributed by atoms with Crippen molar-refractivity contribution in [2.75, 3.05) is 0 Å². The summed E-state index contributed by atoms with van der Waals surface area (Å²) in [7, 11) is 0. The number of fused-ring (bicyclic) bond motifs is 1. The van der Waals surface area contributed by atoms with E-state index >= 15 is 0 Å². The van der Waals surface area contributed by atoms with Crippen molar-refractivity contribution in [3.8, 4) is 0 Å². The van der Waals surface area contributed by atoms with Gasteiger partial charge < -0.3 is 0 Å². The van der Waals surface area contributed by atoms with Crippen molar-refractivity contribution in [1.82, 2.24) is 10.2 Å². The lowest BCUT2D eigenvalue weighted by Crippen LogP contribution is -1.87. The quantitative estimate of drug-likeness (QED) is 0.723. The first-order valence-corrected chi connectivity index (χ1v) is 4.92. The van der Waals surface area contributed by atoms with Crippen molar-refractivity contribution >= 4 is 38.4 Å². The molecule has 0 saturated heterocycles. The van der Waals surface area contributed by atoms with Gasteiger partial charge in [-0.2, -0.15) is 10.2 Å². The lowest BCUT2D eigenvalue weighted by molar-refractivity contribution is 1.07. The molecule has 0 saturated carbocycles. The van der Waals surface area contributed by atoms with Gasteiger partial charge in [-0.05, 0) is 24.6 Å². The number of hydrogen-bond donors (Lipinski definition) is 0. The molecule has 1 aromatic heterocycles. The zero-order chi connectivity index (χ0) is 9.42. The summed E-state index contributed by atoms with van der Waals surface area (Å²) in [4.78, 5) is 0. The summed E-state index contributed by atoms with van der Waals surface area (Å²) in [6.07, 6.45) is 1.56. The van der Waals surface area contributed by atoms with E-state index < -0.39 is 0 Å². The van der Waals surface area contributed by atoms with Crippen LogP contribution in [0.15, 0.2) is 22.8 Å². The number of halogens is 2. The molecule has 0 fully saturated rings. The van der Waals surface area contributed by atoms with E-state index in [4.69, 9.17) is 11.6 Å². The van der Waals surface area contributed by atoms with E-state index in [0.29, 0.717) is 5.02 Å². The average molecular weight is 258 g/mol. The number of aryl methyl sites for hydroxylation is 1. The first kappa shape index (κ1) is 8.91. The van der Waals surface area contributed by atoms with Gasteiger partial charge in [0.15, 0.2) is 0 Å². The van der Waals surface area contributed by atoms with Crippen molar-refractivity contribution in [3.05, 3.63) is 33.4 Å². The number of hydrogen-bond acceptors (Lipinski definition) is 2. The molecule has 2 nitrogen and oxygen atoms in total. The number of rotatable bonds is 0. The Bertz CT molecular complexity index is 470. The predicted molar refractivity (Wildman–Crippen MR) is 57.0 cm³/mol. The SMILES string of the molecule is Cc1cc(Br)cc2nncc(Cl)c12. The van der Waals surface area contributed by atoms with Gasteiger partial charge in [-0.25, -0.2) is 0 Å². The van der Waals surface area contributed by atoms with Crippen LogP contribution in [0.4, 0.5) is 0 Å². The van der Waals surface area contributed by atoms with E-state index in [1.807, 2.05) is 19.1 Å². The molecule has 0 spiro atoms. The molecule has 0 atom stereocenters. The Balaban J connectivity index is 2.94. The Morgan fingerprint density at radius 2 is 2.15 bits per heavy atom. The summed E-state index contributed by atoms with van der Waals surface area (Å²) >= 11 is 9.39. The van der Waals surface area contributed by atoms with Crippen LogP contribution in [0.2, 0.25) is 5.02 Å². The highest BCUT2D eigenvalue weighted by Crippen LogP contribution is 2.27. The van der Waals surface area contributed by atoms with E-state index in [0.717, 1.165) is 20.9 Å². The van der Waals surface area contributed by atoms with E-state index in [2.05, 4.69) is 26.1 Å². The monoisotopic (exact) mass is 256 g/mol. The van der Waals surface area contributed by atoms with Crippen LogP contribution < -0.4 is 0 Å². The summed E-state index contributed by atoms with van der Waals surface area (Å²) in [6, 6.07) is 3.91. The fourth-order valence-electron chi connectivity index (χ4n) is 1.32. The number of nitrogens with zero attached hydrogens (tertiary/aromatic N) is 2. The molecule has 4 heteroatoms. The van der Waals surface area contributed by atoms with Gasteiger partial charge >= 0.3 is 0 Å². The minimum absolute atomic E-state index is 0.648. The zero-order valence-corrected chi connectivity index (χ0v) is 9.22. The molecule has 1 aromatic carbocycles. The molecule has 0 unspecified atom stereocenters. The van der Waals surface area contributed by atoms with Crippen molar-refractivity contribution in [2.24, 2.45) is 0 Å². The molecule has 0 aliphatic heterocycles. The molecule has 66 valence electrons. The second kappa shape index (κ2) is 3.24. The van der Waals surface area contributed by atoms with Gasteiger partial charge in [0, 0.05) is 9.86 Å². The molecule has 0 aliphatic rings. The molecular weight excluding hydrogens is 251 g/mol. The van der Waals surface area contributed by atoms with Crippen LogP contribution in [-0.4, -0.2) is 10.2 Å². The highest BCUT2D eigenvalue weighted by molar-refractivity contribution is 9.10. The van der Waals surface area contributed by atoms with Gasteiger partial charge in [-0.15, -0.1) is 0 Å². The second-order valence-electron chi connectivity index (χ2n) is 2.81. The van der Waals surface area contributed by atoms with Crippen molar-refractivity contribution in [1.29, 1.82) is 0 Å². The molecule has 0 radical (unpaired) electrons. The van der Waals surface area contributed by atoms with Gasteiger partial charge in [0.1, 0.15) is 0 Å². The highest BCUT2D eigenvalue weighted by Gasteiger charge is 2.04. The highest BCUT2D eigenvalue weighted by atomic mass is 79.9. The maximum Gasteiger partial charge on any atom is 0.0958 e. The summed E-state index contributed by atoms with van der Waals surface area (Å²) in [5, 5.41) is 9.41. The third-order valence-corrected chi connectivity index (χ3v) is 2.60. The van der Waals surface area contributed by atoms with Crippen LogP contribution in [-0.2, 0) is 0 Å². The molecule has 1 heterocycles. The second-order valence-corrected chi connectivity index (χ2v) is 4.13. The standard InChI is InChI=1S/C9H6BrClN2/c1-5-2-6(10)3-8-9(5)7(11)4-12-13-8/h2-4H,1H3. The lowest BCUT2D eigenvalue weighted by Gasteiger charge is -2.02. The van der Waals surface area contributed by atoms with Crippen LogP contribution in [0.3, 0.4) is 0 Å². The fraction of sp³-hybridized carbons (Fsp3) is 0.111. The van der Waals surface area contributed by atoms with Crippen LogP contribution in [0, 0.1) is 6.92 Å². The lowest BCUT2D eigenvalue weighted by atomic mass is 10.1. The van der Waals surface area contributed by atoms with Gasteiger partial charge in [-0.3, -0.25) is 0 Å². The Labute approximate surface area is 89.1 Å². The van der Waals surface area contributed by atoms with Crippen LogP contribution in [0.1, 0.15) is 5.56 Å². The van der Waals surface area contributed by atoms with Gasteiger partial charge in [0.05, 0.1) is 16.7 Å². The smallest absolute Gasteiger partial charge is 0.0958 e. The van der Waals surface area contributed by atoms with Crippen molar-refractivity contribution in [3.63, 3.8) is 0 Å². The van der Waals surface area contributed by atoms with Crippen molar-refractivity contribution < 1.29 is 0 Å². The van der Waals surface area contributed by atoms with E-state index in [9.17, 15) is 0 Å². The van der Waals surface area contributed by atoms with E-state index in [1.165, 1.54) is 0 Å². The number of aromatic nitrogens is 2. The molecular formula is C9H6BrClN2. The Morgan fingerprint density at radius 1 is 1.38 bits per heavy atom. The minimum Gasteiger partial charge on any atom is -0.157 e. The van der Waals surface area contributed by atoms with Crippen molar-refractivity contribution in [2.45, 2.75) is 6.92 Å². The first-order valence-electron chi connectivity index (χ1n) is 3.75.